The zero-order chi connectivity index (χ0) is 21.7. The number of anilines is 1. The molecule has 0 bridgehead atoms. The lowest BCUT2D eigenvalue weighted by Crippen LogP contribution is -2.31. The summed E-state index contributed by atoms with van der Waals surface area (Å²) >= 11 is 11.7. The summed E-state index contributed by atoms with van der Waals surface area (Å²) in [5.74, 6) is -1.66. The number of esters is 1. The second kappa shape index (κ2) is 9.73. The molecule has 0 unspecified atom stereocenters. The molecule has 1 aliphatic heterocycles. The van der Waals surface area contributed by atoms with Crippen molar-refractivity contribution in [2.75, 3.05) is 24.6 Å². The SMILES string of the molecule is O=C(CNC(=O)c1ccc(Cl)cc1Cl)OCC(=O)c1ccc(N2CCCC2=O)cc1. The minimum Gasteiger partial charge on any atom is -0.456 e. The van der Waals surface area contributed by atoms with Gasteiger partial charge >= 0.3 is 5.97 Å². The number of hydrogen-bond acceptors (Lipinski definition) is 5. The van der Waals surface area contributed by atoms with Crippen molar-refractivity contribution in [2.24, 2.45) is 0 Å². The van der Waals surface area contributed by atoms with Gasteiger partial charge in [-0.1, -0.05) is 23.2 Å². The maximum absolute atomic E-state index is 12.2. The Hall–Kier alpha value is -2.90. The van der Waals surface area contributed by atoms with Gasteiger partial charge in [0.25, 0.3) is 5.91 Å². The summed E-state index contributed by atoms with van der Waals surface area (Å²) in [6, 6.07) is 10.9. The van der Waals surface area contributed by atoms with E-state index >= 15 is 0 Å². The van der Waals surface area contributed by atoms with Crippen molar-refractivity contribution in [1.82, 2.24) is 5.32 Å². The van der Waals surface area contributed by atoms with E-state index in [1.165, 1.54) is 18.2 Å². The molecule has 2 aromatic carbocycles. The molecule has 0 saturated carbocycles. The summed E-state index contributed by atoms with van der Waals surface area (Å²) < 4.78 is 4.92. The average Bonchev–Trinajstić information content (AvgIpc) is 3.16. The van der Waals surface area contributed by atoms with Crippen LogP contribution < -0.4 is 10.2 Å². The van der Waals surface area contributed by atoms with Crippen molar-refractivity contribution in [3.05, 3.63) is 63.6 Å². The minimum atomic E-state index is -0.763. The fourth-order valence-corrected chi connectivity index (χ4v) is 3.44. The van der Waals surface area contributed by atoms with Gasteiger partial charge in [-0.15, -0.1) is 0 Å². The van der Waals surface area contributed by atoms with E-state index in [9.17, 15) is 19.2 Å². The number of carbonyl (C=O) groups is 4. The Morgan fingerprint density at radius 1 is 1.07 bits per heavy atom. The van der Waals surface area contributed by atoms with E-state index < -0.39 is 30.8 Å². The Morgan fingerprint density at radius 2 is 1.80 bits per heavy atom. The van der Waals surface area contributed by atoms with E-state index in [1.807, 2.05) is 0 Å². The lowest BCUT2D eigenvalue weighted by Gasteiger charge is -2.15. The summed E-state index contributed by atoms with van der Waals surface area (Å²) in [4.78, 5) is 49.5. The Balaban J connectivity index is 1.46. The molecule has 0 aliphatic carbocycles. The van der Waals surface area contributed by atoms with Gasteiger partial charge in [-0.25, -0.2) is 0 Å². The van der Waals surface area contributed by atoms with Crippen LogP contribution in [0.2, 0.25) is 10.0 Å². The summed E-state index contributed by atoms with van der Waals surface area (Å²) in [7, 11) is 0. The Kier molecular flexibility index (Phi) is 7.07. The fourth-order valence-electron chi connectivity index (χ4n) is 2.95. The van der Waals surface area contributed by atoms with Crippen LogP contribution in [0.5, 0.6) is 0 Å². The van der Waals surface area contributed by atoms with Crippen LogP contribution in [0.4, 0.5) is 5.69 Å². The summed E-state index contributed by atoms with van der Waals surface area (Å²) in [6.45, 7) is -0.212. The van der Waals surface area contributed by atoms with Crippen LogP contribution >= 0.6 is 23.2 Å². The first-order valence-electron chi connectivity index (χ1n) is 9.17. The van der Waals surface area contributed by atoms with E-state index in [0.29, 0.717) is 23.6 Å². The maximum atomic E-state index is 12.2. The van der Waals surface area contributed by atoms with E-state index in [4.69, 9.17) is 27.9 Å². The predicted molar refractivity (Wildman–Crippen MR) is 112 cm³/mol. The lowest BCUT2D eigenvalue weighted by atomic mass is 10.1. The summed E-state index contributed by atoms with van der Waals surface area (Å²) in [5.41, 5.74) is 1.26. The van der Waals surface area contributed by atoms with Crippen LogP contribution in [0.3, 0.4) is 0 Å². The first-order chi connectivity index (χ1) is 14.3. The molecule has 1 N–H and O–H groups in total. The predicted octanol–water partition coefficient (Wildman–Crippen LogP) is 3.28. The summed E-state index contributed by atoms with van der Waals surface area (Å²) in [6.07, 6.45) is 1.34. The van der Waals surface area contributed by atoms with Gasteiger partial charge in [-0.05, 0) is 48.9 Å². The molecule has 1 aliphatic rings. The first kappa shape index (κ1) is 21.8. The molecule has 1 saturated heterocycles. The van der Waals surface area contributed by atoms with Crippen molar-refractivity contribution < 1.29 is 23.9 Å². The zero-order valence-electron chi connectivity index (χ0n) is 15.8. The smallest absolute Gasteiger partial charge is 0.325 e. The Morgan fingerprint density at radius 3 is 2.43 bits per heavy atom. The van der Waals surface area contributed by atoms with Crippen LogP contribution in [0.15, 0.2) is 42.5 Å². The van der Waals surface area contributed by atoms with Gasteiger partial charge in [-0.2, -0.15) is 0 Å². The fraction of sp³-hybridized carbons (Fsp3) is 0.238. The number of Topliss-reactive ketones (excluding diaryl/α,β-unsaturated/α-hetero) is 1. The molecular formula is C21H18Cl2N2O5. The molecule has 156 valence electrons. The molecule has 7 nitrogen and oxygen atoms in total. The number of hydrogen-bond donors (Lipinski definition) is 1. The summed E-state index contributed by atoms with van der Waals surface area (Å²) in [5, 5.41) is 2.91. The Bertz CT molecular complexity index is 991. The number of benzene rings is 2. The highest BCUT2D eigenvalue weighted by Gasteiger charge is 2.22. The van der Waals surface area contributed by atoms with Crippen molar-refractivity contribution in [1.29, 1.82) is 0 Å². The topological polar surface area (TPSA) is 92.8 Å². The van der Waals surface area contributed by atoms with Crippen LogP contribution in [0.1, 0.15) is 33.6 Å². The van der Waals surface area contributed by atoms with Crippen molar-refractivity contribution >= 4 is 52.5 Å². The Labute approximate surface area is 182 Å². The normalized spacial score (nSPS) is 13.3. The largest absolute Gasteiger partial charge is 0.456 e. The molecule has 3 rings (SSSR count). The van der Waals surface area contributed by atoms with Gasteiger partial charge in [0.2, 0.25) is 5.91 Å². The van der Waals surface area contributed by atoms with E-state index in [1.54, 1.807) is 29.2 Å². The molecule has 0 aromatic heterocycles. The molecule has 1 heterocycles. The zero-order valence-corrected chi connectivity index (χ0v) is 17.3. The molecule has 0 atom stereocenters. The van der Waals surface area contributed by atoms with Gasteiger partial charge in [-0.3, -0.25) is 19.2 Å². The highest BCUT2D eigenvalue weighted by Crippen LogP contribution is 2.22. The molecule has 0 radical (unpaired) electrons. The van der Waals surface area contributed by atoms with Crippen molar-refractivity contribution in [3.63, 3.8) is 0 Å². The number of ketones is 1. The van der Waals surface area contributed by atoms with Gasteiger partial charge in [0.05, 0.1) is 10.6 Å². The van der Waals surface area contributed by atoms with Crippen LogP contribution in [0, 0.1) is 0 Å². The molecule has 30 heavy (non-hydrogen) atoms. The third-order valence-corrected chi connectivity index (χ3v) is 5.06. The highest BCUT2D eigenvalue weighted by atomic mass is 35.5. The molecule has 0 spiro atoms. The molecule has 2 aromatic rings. The highest BCUT2D eigenvalue weighted by molar-refractivity contribution is 6.36. The molecule has 1 fully saturated rings. The number of nitrogens with zero attached hydrogens (tertiary/aromatic N) is 1. The number of rotatable bonds is 7. The van der Waals surface area contributed by atoms with E-state index in [2.05, 4.69) is 5.32 Å². The number of halogens is 2. The number of ether oxygens (including phenoxy) is 1. The first-order valence-corrected chi connectivity index (χ1v) is 9.93. The van der Waals surface area contributed by atoms with E-state index in [-0.39, 0.29) is 16.5 Å². The number of carbonyl (C=O) groups excluding carboxylic acids is 4. The number of nitrogens with one attached hydrogen (secondary N) is 1. The van der Waals surface area contributed by atoms with Crippen LogP contribution in [-0.2, 0) is 14.3 Å². The quantitative estimate of drug-likeness (QED) is 0.518. The van der Waals surface area contributed by atoms with Crippen LogP contribution in [0.25, 0.3) is 0 Å². The second-order valence-corrected chi connectivity index (χ2v) is 7.43. The average molecular weight is 449 g/mol. The monoisotopic (exact) mass is 448 g/mol. The van der Waals surface area contributed by atoms with Crippen LogP contribution in [-0.4, -0.2) is 43.3 Å². The van der Waals surface area contributed by atoms with Gasteiger partial charge in [0.1, 0.15) is 6.54 Å². The minimum absolute atomic E-state index is 0.0601. The van der Waals surface area contributed by atoms with Crippen molar-refractivity contribution in [3.8, 4) is 0 Å². The second-order valence-electron chi connectivity index (χ2n) is 6.59. The number of amides is 2. The van der Waals surface area contributed by atoms with E-state index in [0.717, 1.165) is 12.1 Å². The molecule has 2 amide bonds. The molecular weight excluding hydrogens is 431 g/mol. The molecule has 9 heteroatoms. The van der Waals surface area contributed by atoms with Gasteiger partial charge in [0, 0.05) is 29.2 Å². The van der Waals surface area contributed by atoms with Gasteiger partial charge < -0.3 is 15.0 Å². The van der Waals surface area contributed by atoms with Crippen molar-refractivity contribution in [2.45, 2.75) is 12.8 Å². The third kappa shape index (κ3) is 5.37. The standard InChI is InChI=1S/C21H18Cl2N2O5/c22-14-5-8-16(17(23)10-14)21(29)24-11-20(28)30-12-18(26)13-3-6-15(7-4-13)25-9-1-2-19(25)27/h3-8,10H,1-2,9,11-12H2,(H,24,29). The lowest BCUT2D eigenvalue weighted by molar-refractivity contribution is -0.141. The van der Waals surface area contributed by atoms with Gasteiger partial charge in [0.15, 0.2) is 12.4 Å². The maximum Gasteiger partial charge on any atom is 0.325 e. The third-order valence-electron chi connectivity index (χ3n) is 4.51.